The van der Waals surface area contributed by atoms with Crippen molar-refractivity contribution in [3.8, 4) is 5.75 Å². The minimum absolute atomic E-state index is 0.00636. The molecule has 9 atom stereocenters. The van der Waals surface area contributed by atoms with Gasteiger partial charge in [0.25, 0.3) is 0 Å². The number of aliphatic hydroxyl groups is 1. The number of alkyl carbamates (subject to hydrolysis) is 1. The smallest absolute Gasteiger partial charge is 0.409 e. The average Bonchev–Trinajstić information content (AvgIpc) is 3.79. The summed E-state index contributed by atoms with van der Waals surface area (Å²) in [6.07, 6.45) is 1.69. The maximum Gasteiger partial charge on any atom is 0.409 e. The number of benzene rings is 1. The Labute approximate surface area is 316 Å². The molecule has 2 N–H and O–H groups in total. The van der Waals surface area contributed by atoms with Crippen LogP contribution in [0.1, 0.15) is 65.9 Å². The van der Waals surface area contributed by atoms with Crippen LogP contribution in [0.25, 0.3) is 0 Å². The van der Waals surface area contributed by atoms with Crippen molar-refractivity contribution in [3.63, 3.8) is 0 Å². The topological polar surface area (TPSA) is 156 Å². The van der Waals surface area contributed by atoms with Crippen molar-refractivity contribution in [1.82, 2.24) is 10.2 Å². The maximum absolute atomic E-state index is 14.1. The number of hydrogen-bond donors (Lipinski definition) is 3. The van der Waals surface area contributed by atoms with Crippen LogP contribution in [0.5, 0.6) is 5.75 Å². The molecular formula is C37H52ClN3O10S. The van der Waals surface area contributed by atoms with Crippen molar-refractivity contribution in [2.75, 3.05) is 33.2 Å². The quantitative estimate of drug-likeness (QED) is 0.194. The number of fused-ring (bicyclic) bond motifs is 5. The number of halogens is 1. The molecule has 52 heavy (non-hydrogen) atoms. The zero-order valence-electron chi connectivity index (χ0n) is 31.3. The zero-order chi connectivity index (χ0) is 38.7. The highest BCUT2D eigenvalue weighted by molar-refractivity contribution is 7.80. The molecule has 2 saturated heterocycles. The minimum Gasteiger partial charge on any atom is -0.495 e. The monoisotopic (exact) mass is 765 g/mol. The molecule has 0 saturated carbocycles. The fourth-order valence-electron chi connectivity index (χ4n) is 6.73. The van der Waals surface area contributed by atoms with Gasteiger partial charge in [-0.05, 0) is 56.6 Å². The number of carbonyl (C=O) groups is 4. The zero-order valence-corrected chi connectivity index (χ0v) is 33.0. The number of nitrogens with zero attached hydrogens (tertiary/aromatic N) is 2. The molecule has 4 bridgehead atoms. The van der Waals surface area contributed by atoms with E-state index in [1.54, 1.807) is 52.1 Å². The highest BCUT2D eigenvalue weighted by atomic mass is 35.5. The van der Waals surface area contributed by atoms with Crippen LogP contribution in [0.4, 0.5) is 10.5 Å². The SMILES string of the molecule is COc1cc2cc(c1Cl)N(C)C(=O)C[C@H](OC(=O)[C@@H](C)N(C)C(=O)CCC(C)S)[C@]1(C)O[C@H]1[C@H](C)[C@@H]1C[C@@](O)(NC(=O)O1)[C@H](OC)/C=C/C=C(\C)C2. The second kappa shape index (κ2) is 16.8. The van der Waals surface area contributed by atoms with Gasteiger partial charge in [0.2, 0.25) is 11.8 Å². The number of anilines is 1. The van der Waals surface area contributed by atoms with Crippen LogP contribution in [0.15, 0.2) is 35.9 Å². The predicted octanol–water partition coefficient (Wildman–Crippen LogP) is 4.61. The predicted molar refractivity (Wildman–Crippen MR) is 199 cm³/mol. The number of methoxy groups -OCH3 is 2. The van der Waals surface area contributed by atoms with Crippen LogP contribution in [0, 0.1) is 5.92 Å². The number of ether oxygens (including phenoxy) is 5. The second-order valence-electron chi connectivity index (χ2n) is 14.3. The van der Waals surface area contributed by atoms with E-state index in [2.05, 4.69) is 17.9 Å². The number of allylic oxidation sites excluding steroid dienone is 3. The van der Waals surface area contributed by atoms with E-state index in [9.17, 15) is 24.3 Å². The molecule has 0 aromatic heterocycles. The van der Waals surface area contributed by atoms with Crippen LogP contribution in [-0.2, 0) is 39.8 Å². The number of thiol groups is 1. The van der Waals surface area contributed by atoms with E-state index in [1.807, 2.05) is 19.9 Å². The largest absolute Gasteiger partial charge is 0.495 e. The van der Waals surface area contributed by atoms with E-state index in [1.165, 1.54) is 31.1 Å². The lowest BCUT2D eigenvalue weighted by molar-refractivity contribution is -0.162. The number of rotatable bonds is 8. The van der Waals surface area contributed by atoms with Crippen LogP contribution in [-0.4, -0.2) is 109 Å². The van der Waals surface area contributed by atoms with Gasteiger partial charge in [0.05, 0.1) is 25.3 Å². The van der Waals surface area contributed by atoms with E-state index >= 15 is 0 Å². The van der Waals surface area contributed by atoms with Gasteiger partial charge in [-0.25, -0.2) is 9.59 Å². The molecule has 1 unspecified atom stereocenters. The van der Waals surface area contributed by atoms with Crippen molar-refractivity contribution < 1.29 is 48.0 Å². The van der Waals surface area contributed by atoms with Crippen molar-refractivity contribution in [2.24, 2.45) is 5.92 Å². The molecule has 1 aromatic rings. The first kappa shape index (κ1) is 41.5. The van der Waals surface area contributed by atoms with Gasteiger partial charge in [0.1, 0.15) is 40.7 Å². The van der Waals surface area contributed by atoms with E-state index in [-0.39, 0.29) is 35.4 Å². The first-order valence-electron chi connectivity index (χ1n) is 17.4. The molecule has 2 fully saturated rings. The van der Waals surface area contributed by atoms with E-state index in [4.69, 9.17) is 35.3 Å². The van der Waals surface area contributed by atoms with Crippen molar-refractivity contribution in [1.29, 1.82) is 0 Å². The molecule has 0 radical (unpaired) electrons. The summed E-state index contributed by atoms with van der Waals surface area (Å²) in [5, 5.41) is 14.5. The summed E-state index contributed by atoms with van der Waals surface area (Å²) < 4.78 is 29.2. The first-order valence-corrected chi connectivity index (χ1v) is 18.3. The Hall–Kier alpha value is -3.30. The summed E-state index contributed by atoms with van der Waals surface area (Å²) in [5.41, 5.74) is -0.906. The normalized spacial score (nSPS) is 32.2. The number of esters is 1. The van der Waals surface area contributed by atoms with Gasteiger partial charge in [-0.3, -0.25) is 14.9 Å². The third-order valence-electron chi connectivity index (χ3n) is 10.3. The third kappa shape index (κ3) is 9.25. The summed E-state index contributed by atoms with van der Waals surface area (Å²) in [5.74, 6) is -1.56. The molecule has 0 aliphatic carbocycles. The average molecular weight is 766 g/mol. The highest BCUT2D eigenvalue weighted by Crippen LogP contribution is 2.49. The van der Waals surface area contributed by atoms with E-state index < -0.39 is 65.7 Å². The lowest BCUT2D eigenvalue weighted by Crippen LogP contribution is -2.63. The van der Waals surface area contributed by atoms with Gasteiger partial charge in [-0.2, -0.15) is 12.6 Å². The fraction of sp³-hybridized carbons (Fsp3) is 0.622. The number of epoxide rings is 1. The Balaban J connectivity index is 1.75. The number of amides is 3. The van der Waals surface area contributed by atoms with Crippen LogP contribution in [0.2, 0.25) is 5.02 Å². The van der Waals surface area contributed by atoms with Crippen molar-refractivity contribution in [3.05, 3.63) is 46.5 Å². The molecule has 3 amide bonds. The Kier molecular flexibility index (Phi) is 13.4. The molecule has 3 heterocycles. The molecule has 1 aromatic carbocycles. The molecule has 0 spiro atoms. The molecule has 3 aliphatic heterocycles. The van der Waals surface area contributed by atoms with Gasteiger partial charge in [-0.1, -0.05) is 49.2 Å². The summed E-state index contributed by atoms with van der Waals surface area (Å²) in [6.45, 7) is 8.88. The summed E-state index contributed by atoms with van der Waals surface area (Å²) in [4.78, 5) is 56.2. The van der Waals surface area contributed by atoms with Gasteiger partial charge < -0.3 is 38.6 Å². The number of likely N-dealkylation sites (N-methyl/N-ethyl adjacent to an activating group) is 1. The van der Waals surface area contributed by atoms with Gasteiger partial charge in [0, 0.05) is 40.0 Å². The Morgan fingerprint density at radius 3 is 2.58 bits per heavy atom. The van der Waals surface area contributed by atoms with Gasteiger partial charge in [0.15, 0.2) is 5.72 Å². The van der Waals surface area contributed by atoms with Crippen LogP contribution in [0.3, 0.4) is 0 Å². The summed E-state index contributed by atoms with van der Waals surface area (Å²) in [6, 6.07) is 2.61. The van der Waals surface area contributed by atoms with Gasteiger partial charge in [-0.15, -0.1) is 0 Å². The summed E-state index contributed by atoms with van der Waals surface area (Å²) >= 11 is 11.1. The summed E-state index contributed by atoms with van der Waals surface area (Å²) in [7, 11) is 6.02. The maximum atomic E-state index is 14.1. The van der Waals surface area contributed by atoms with Crippen LogP contribution >= 0.6 is 24.2 Å². The minimum atomic E-state index is -1.82. The van der Waals surface area contributed by atoms with E-state index in [0.29, 0.717) is 24.3 Å². The standard InChI is InChI=1S/C37H52ClN3O10S/c1-20-11-10-12-28(48-9)37(46)19-27(49-35(45)39-37)22(3)33-36(5,51-33)29(50-34(44)23(4)40(6)30(42)14-13-21(2)52)18-31(43)41(7)25-16-24(15-20)17-26(47-8)32(25)38/h10-12,16-17,21-23,27-29,33,46,52H,13-15,18-19H2,1-9H3,(H,39,45)/b12-10+,20-11+/t21?,22-,23-,27+,28-,29+,33+,36+,37+/m1/s1. The Morgan fingerprint density at radius 1 is 1.25 bits per heavy atom. The lowest BCUT2D eigenvalue weighted by Gasteiger charge is -2.42. The number of hydrogen-bond acceptors (Lipinski definition) is 11. The molecule has 15 heteroatoms. The molecule has 288 valence electrons. The van der Waals surface area contributed by atoms with Crippen molar-refractivity contribution >= 4 is 53.8 Å². The molecule has 3 aliphatic rings. The van der Waals surface area contributed by atoms with Crippen LogP contribution < -0.4 is 15.0 Å². The molecule has 4 rings (SSSR count). The third-order valence-corrected chi connectivity index (χ3v) is 10.9. The number of nitrogens with one attached hydrogen (secondary N) is 1. The number of carbonyl (C=O) groups excluding carboxylic acids is 4. The van der Waals surface area contributed by atoms with Crippen molar-refractivity contribution in [2.45, 2.75) is 114 Å². The fourth-order valence-corrected chi connectivity index (χ4v) is 7.17. The Bertz CT molecular complexity index is 1590. The molecular weight excluding hydrogens is 714 g/mol. The molecule has 13 nitrogen and oxygen atoms in total. The lowest BCUT2D eigenvalue weighted by atomic mass is 9.83. The highest BCUT2D eigenvalue weighted by Gasteiger charge is 2.64. The first-order chi connectivity index (χ1) is 24.3. The van der Waals surface area contributed by atoms with E-state index in [0.717, 1.165) is 11.1 Å². The van der Waals surface area contributed by atoms with Gasteiger partial charge >= 0.3 is 12.1 Å². The second-order valence-corrected chi connectivity index (χ2v) is 15.6. The Morgan fingerprint density at radius 2 is 1.94 bits per heavy atom.